The molecular weight excluding hydrogens is 486 g/mol. The molecule has 0 saturated heterocycles. The van der Waals surface area contributed by atoms with Gasteiger partial charge >= 0.3 is 0 Å². The van der Waals surface area contributed by atoms with E-state index in [9.17, 15) is 4.21 Å². The third-order valence-corrected chi connectivity index (χ3v) is 7.29. The van der Waals surface area contributed by atoms with Gasteiger partial charge in [0.25, 0.3) is 0 Å². The van der Waals surface area contributed by atoms with Gasteiger partial charge < -0.3 is 4.52 Å². The van der Waals surface area contributed by atoms with E-state index in [2.05, 4.69) is 36.9 Å². The van der Waals surface area contributed by atoms with E-state index < -0.39 is 15.7 Å². The minimum absolute atomic E-state index is 0.220. The highest BCUT2D eigenvalue weighted by atomic mass is 79.9. The first-order valence-electron chi connectivity index (χ1n) is 10.5. The average Bonchev–Trinajstić information content (AvgIpc) is 3.15. The number of aromatic nitrogens is 2. The second-order valence-corrected chi connectivity index (χ2v) is 11.7. The summed E-state index contributed by atoms with van der Waals surface area (Å²) in [7, 11) is -1.26. The van der Waals surface area contributed by atoms with Gasteiger partial charge in [-0.3, -0.25) is 4.98 Å². The molecule has 0 fully saturated rings. The van der Waals surface area contributed by atoms with Crippen LogP contribution < -0.4 is 4.72 Å². The van der Waals surface area contributed by atoms with E-state index >= 15 is 0 Å². The molecule has 2 aromatic carbocycles. The molecule has 0 unspecified atom stereocenters. The molecule has 0 saturated carbocycles. The molecule has 4 aromatic rings. The molecule has 0 aliphatic heterocycles. The Morgan fingerprint density at radius 3 is 2.62 bits per heavy atom. The number of benzene rings is 2. The summed E-state index contributed by atoms with van der Waals surface area (Å²) in [4.78, 5) is 4.68. The molecule has 0 radical (unpaired) electrons. The molecule has 1 N–H and O–H groups in total. The molecule has 0 bridgehead atoms. The number of nitrogens with zero attached hydrogens (tertiary/aromatic N) is 2. The molecule has 166 valence electrons. The number of fused-ring (bicyclic) bond motifs is 1. The Balaban J connectivity index is 1.81. The molecule has 5 nitrogen and oxygen atoms in total. The van der Waals surface area contributed by atoms with Gasteiger partial charge in [0, 0.05) is 33.2 Å². The van der Waals surface area contributed by atoms with E-state index in [0.29, 0.717) is 12.0 Å². The topological polar surface area (TPSA) is 68.0 Å². The summed E-state index contributed by atoms with van der Waals surface area (Å²) in [5.74, 6) is 0. The van der Waals surface area contributed by atoms with Gasteiger partial charge in [0.2, 0.25) is 0 Å². The second-order valence-electron chi connectivity index (χ2n) is 8.78. The number of aryl methyl sites for hydroxylation is 1. The first-order chi connectivity index (χ1) is 15.2. The Kier molecular flexibility index (Phi) is 6.60. The normalized spacial score (nSPS) is 13.9. The van der Waals surface area contributed by atoms with E-state index in [0.717, 1.165) is 38.1 Å². The maximum absolute atomic E-state index is 13.1. The molecule has 0 aliphatic carbocycles. The van der Waals surface area contributed by atoms with Gasteiger partial charge in [0.15, 0.2) is 5.58 Å². The first-order valence-corrected chi connectivity index (χ1v) is 12.4. The van der Waals surface area contributed by atoms with Gasteiger partial charge in [-0.2, -0.15) is 0 Å². The van der Waals surface area contributed by atoms with Crippen LogP contribution in [0.15, 0.2) is 69.7 Å². The fourth-order valence-electron chi connectivity index (χ4n) is 3.57. The van der Waals surface area contributed by atoms with Crippen molar-refractivity contribution in [1.82, 2.24) is 14.9 Å². The molecular formula is C25H26BrN3O2S. The highest BCUT2D eigenvalue weighted by Gasteiger charge is 2.27. The van der Waals surface area contributed by atoms with Crippen LogP contribution in [-0.4, -0.2) is 19.1 Å². The molecule has 32 heavy (non-hydrogen) atoms. The maximum atomic E-state index is 13.1. The summed E-state index contributed by atoms with van der Waals surface area (Å²) < 4.78 is 22.6. The van der Waals surface area contributed by atoms with Crippen molar-refractivity contribution in [3.8, 4) is 11.3 Å². The van der Waals surface area contributed by atoms with Gasteiger partial charge in [0.1, 0.15) is 5.69 Å². The fourth-order valence-corrected chi connectivity index (χ4v) is 4.73. The Morgan fingerprint density at radius 2 is 1.88 bits per heavy atom. The zero-order valence-electron chi connectivity index (χ0n) is 18.6. The van der Waals surface area contributed by atoms with E-state index in [1.807, 2.05) is 82.3 Å². The third kappa shape index (κ3) is 5.00. The number of hydrogen-bond donors (Lipinski definition) is 1. The molecule has 0 amide bonds. The van der Waals surface area contributed by atoms with E-state index in [1.54, 1.807) is 0 Å². The van der Waals surface area contributed by atoms with Crippen LogP contribution in [0.4, 0.5) is 0 Å². The number of pyridine rings is 1. The third-order valence-electron chi connectivity index (χ3n) is 5.19. The minimum atomic E-state index is -1.26. The van der Waals surface area contributed by atoms with Crippen LogP contribution in [0.3, 0.4) is 0 Å². The van der Waals surface area contributed by atoms with Gasteiger partial charge in [-0.1, -0.05) is 51.4 Å². The van der Waals surface area contributed by atoms with Crippen molar-refractivity contribution in [1.29, 1.82) is 0 Å². The molecule has 0 aliphatic rings. The number of rotatable bonds is 6. The highest BCUT2D eigenvalue weighted by Crippen LogP contribution is 2.35. The summed E-state index contributed by atoms with van der Waals surface area (Å²) in [5.41, 5.74) is 5.34. The SMILES string of the molecule is Cc1cccc(C[C@H](N[S@@](=O)C(C)(C)C)c2ccccc2-c2noc3cc(Br)ccc23)n1. The lowest BCUT2D eigenvalue weighted by Gasteiger charge is -2.26. The molecule has 2 atom stereocenters. The van der Waals surface area contributed by atoms with Crippen molar-refractivity contribution in [2.45, 2.75) is 44.9 Å². The van der Waals surface area contributed by atoms with Crippen molar-refractivity contribution < 1.29 is 8.73 Å². The zero-order chi connectivity index (χ0) is 22.9. The first kappa shape index (κ1) is 22.8. The van der Waals surface area contributed by atoms with Crippen molar-refractivity contribution in [2.75, 3.05) is 0 Å². The Morgan fingerprint density at radius 1 is 1.09 bits per heavy atom. The minimum Gasteiger partial charge on any atom is -0.356 e. The van der Waals surface area contributed by atoms with Gasteiger partial charge in [0.05, 0.1) is 21.8 Å². The zero-order valence-corrected chi connectivity index (χ0v) is 21.0. The lowest BCUT2D eigenvalue weighted by molar-refractivity contribution is 0.459. The number of hydrogen-bond acceptors (Lipinski definition) is 4. The van der Waals surface area contributed by atoms with Crippen LogP contribution in [0.25, 0.3) is 22.2 Å². The highest BCUT2D eigenvalue weighted by molar-refractivity contribution is 9.10. The fraction of sp³-hybridized carbons (Fsp3) is 0.280. The van der Waals surface area contributed by atoms with Gasteiger partial charge in [-0.15, -0.1) is 0 Å². The predicted octanol–water partition coefficient (Wildman–Crippen LogP) is 6.30. The Labute approximate surface area is 199 Å². The standard InChI is InChI=1S/C25H26BrN3O2S/c1-16-8-7-9-18(27-16)15-22(29-32(30)25(2,3)4)19-10-5-6-11-20(19)24-21-13-12-17(26)14-23(21)31-28-24/h5-14,22,29H,15H2,1-4H3/t22-,32-/m0/s1. The van der Waals surface area contributed by atoms with Crippen molar-refractivity contribution in [3.05, 3.63) is 82.1 Å². The van der Waals surface area contributed by atoms with Crippen molar-refractivity contribution in [3.63, 3.8) is 0 Å². The van der Waals surface area contributed by atoms with Crippen LogP contribution >= 0.6 is 15.9 Å². The lowest BCUT2D eigenvalue weighted by Crippen LogP contribution is -2.36. The largest absolute Gasteiger partial charge is 0.356 e. The van der Waals surface area contributed by atoms with E-state index in [1.165, 1.54) is 0 Å². The predicted molar refractivity (Wildman–Crippen MR) is 134 cm³/mol. The summed E-state index contributed by atoms with van der Waals surface area (Å²) >= 11 is 3.49. The quantitative estimate of drug-likeness (QED) is 0.330. The summed E-state index contributed by atoms with van der Waals surface area (Å²) in [5, 5.41) is 5.32. The van der Waals surface area contributed by atoms with Gasteiger partial charge in [-0.25, -0.2) is 8.93 Å². The molecule has 0 spiro atoms. The Hall–Kier alpha value is -2.35. The number of nitrogens with one attached hydrogen (secondary N) is 1. The molecule has 2 aromatic heterocycles. The van der Waals surface area contributed by atoms with Crippen LogP contribution in [0.1, 0.15) is 43.8 Å². The smallest absolute Gasteiger partial charge is 0.168 e. The van der Waals surface area contributed by atoms with Crippen LogP contribution in [0.5, 0.6) is 0 Å². The van der Waals surface area contributed by atoms with Gasteiger partial charge in [-0.05, 0) is 63.6 Å². The lowest BCUT2D eigenvalue weighted by atomic mass is 9.94. The van der Waals surface area contributed by atoms with E-state index in [4.69, 9.17) is 4.52 Å². The van der Waals surface area contributed by atoms with Crippen LogP contribution in [0, 0.1) is 6.92 Å². The van der Waals surface area contributed by atoms with Crippen LogP contribution in [0.2, 0.25) is 0 Å². The van der Waals surface area contributed by atoms with Crippen molar-refractivity contribution in [2.24, 2.45) is 0 Å². The molecule has 4 rings (SSSR count). The summed E-state index contributed by atoms with van der Waals surface area (Å²) in [6, 6.07) is 19.7. The van der Waals surface area contributed by atoms with E-state index in [-0.39, 0.29) is 6.04 Å². The van der Waals surface area contributed by atoms with Crippen LogP contribution in [-0.2, 0) is 17.4 Å². The summed E-state index contributed by atoms with van der Waals surface area (Å²) in [6.45, 7) is 7.87. The Bertz CT molecular complexity index is 1280. The molecule has 2 heterocycles. The van der Waals surface area contributed by atoms with Crippen molar-refractivity contribution >= 4 is 37.9 Å². The maximum Gasteiger partial charge on any atom is 0.168 e. The monoisotopic (exact) mass is 511 g/mol. The second kappa shape index (κ2) is 9.25. The summed E-state index contributed by atoms with van der Waals surface area (Å²) in [6.07, 6.45) is 0.599. The average molecular weight is 512 g/mol. The number of halogens is 1. The molecule has 7 heteroatoms.